The normalized spacial score (nSPS) is 13.1. The van der Waals surface area contributed by atoms with Gasteiger partial charge in [0.25, 0.3) is 0 Å². The summed E-state index contributed by atoms with van der Waals surface area (Å²) in [5.41, 5.74) is 0.513. The van der Waals surface area contributed by atoms with E-state index in [4.69, 9.17) is 0 Å². The Kier molecular flexibility index (Phi) is 9.57. The highest BCUT2D eigenvalue weighted by atomic mass is 79.9. The number of hydrogen-bond acceptors (Lipinski definition) is 4. The zero-order valence-electron chi connectivity index (χ0n) is 19.4. The quantitative estimate of drug-likeness (QED) is 0.479. The highest BCUT2D eigenvalue weighted by molar-refractivity contribution is 9.10. The number of benzene rings is 2. The van der Waals surface area contributed by atoms with Gasteiger partial charge in [0.2, 0.25) is 21.8 Å². The van der Waals surface area contributed by atoms with Crippen LogP contribution in [-0.4, -0.2) is 50.0 Å². The fourth-order valence-corrected chi connectivity index (χ4v) is 4.42. The fraction of sp³-hybridized carbons (Fsp3) is 0.391. The third-order valence-corrected chi connectivity index (χ3v) is 6.91. The number of carbonyl (C=O) groups is 2. The number of anilines is 1. The molecule has 0 radical (unpaired) electrons. The topological polar surface area (TPSA) is 86.8 Å². The van der Waals surface area contributed by atoms with Gasteiger partial charge in [0.1, 0.15) is 12.6 Å². The summed E-state index contributed by atoms with van der Waals surface area (Å²) in [7, 11) is -4.04. The van der Waals surface area contributed by atoms with Gasteiger partial charge < -0.3 is 10.2 Å². The number of hydrogen-bond donors (Lipinski definition) is 1. The minimum absolute atomic E-state index is 0.0305. The van der Waals surface area contributed by atoms with Gasteiger partial charge in [0, 0.05) is 23.1 Å². The molecular weight excluding hydrogens is 532 g/mol. The largest absolute Gasteiger partial charge is 0.352 e. The third kappa shape index (κ3) is 7.49. The van der Waals surface area contributed by atoms with E-state index in [1.165, 1.54) is 4.90 Å². The van der Waals surface area contributed by atoms with Crippen LogP contribution in [0.3, 0.4) is 0 Å². The molecule has 1 N–H and O–H groups in total. The third-order valence-electron chi connectivity index (χ3n) is 5.28. The molecule has 0 spiro atoms. The Hall–Kier alpha value is -2.53. The molecule has 0 unspecified atom stereocenters. The van der Waals surface area contributed by atoms with Gasteiger partial charge in [-0.3, -0.25) is 13.9 Å². The molecule has 0 aliphatic carbocycles. The molecule has 2 atom stereocenters. The minimum atomic E-state index is -4.04. The Bertz CT molecular complexity index is 1150. The lowest BCUT2D eigenvalue weighted by Crippen LogP contribution is -2.52. The Morgan fingerprint density at radius 1 is 1.09 bits per heavy atom. The van der Waals surface area contributed by atoms with Crippen molar-refractivity contribution in [1.82, 2.24) is 10.2 Å². The van der Waals surface area contributed by atoms with Gasteiger partial charge in [-0.25, -0.2) is 17.2 Å². The summed E-state index contributed by atoms with van der Waals surface area (Å²) in [6, 6.07) is 8.66. The van der Waals surface area contributed by atoms with Crippen LogP contribution in [-0.2, 0) is 26.2 Å². The Balaban J connectivity index is 2.41. The van der Waals surface area contributed by atoms with Crippen LogP contribution in [0.25, 0.3) is 0 Å². The summed E-state index contributed by atoms with van der Waals surface area (Å²) in [4.78, 5) is 27.5. The fourth-order valence-electron chi connectivity index (χ4n) is 3.13. The van der Waals surface area contributed by atoms with Crippen LogP contribution >= 0.6 is 15.9 Å². The van der Waals surface area contributed by atoms with Gasteiger partial charge in [0.05, 0.1) is 11.9 Å². The molecule has 34 heavy (non-hydrogen) atoms. The second kappa shape index (κ2) is 11.7. The van der Waals surface area contributed by atoms with Crippen LogP contribution in [0, 0.1) is 11.6 Å². The first-order valence-corrected chi connectivity index (χ1v) is 13.2. The molecule has 11 heteroatoms. The van der Waals surface area contributed by atoms with Crippen molar-refractivity contribution < 1.29 is 26.8 Å². The lowest BCUT2D eigenvalue weighted by atomic mass is 10.1. The molecule has 0 aliphatic rings. The van der Waals surface area contributed by atoms with Crippen LogP contribution in [0.1, 0.15) is 32.8 Å². The average molecular weight is 560 g/mol. The van der Waals surface area contributed by atoms with Crippen LogP contribution in [0.4, 0.5) is 14.5 Å². The first-order chi connectivity index (χ1) is 15.8. The molecule has 7 nitrogen and oxygen atoms in total. The molecule has 2 aromatic rings. The monoisotopic (exact) mass is 559 g/mol. The van der Waals surface area contributed by atoms with E-state index in [9.17, 15) is 26.8 Å². The maximum absolute atomic E-state index is 13.8. The van der Waals surface area contributed by atoms with Crippen molar-refractivity contribution in [2.45, 2.75) is 45.8 Å². The van der Waals surface area contributed by atoms with Gasteiger partial charge in [-0.1, -0.05) is 35.0 Å². The van der Waals surface area contributed by atoms with Gasteiger partial charge in [0.15, 0.2) is 11.6 Å². The molecule has 0 saturated carbocycles. The first kappa shape index (κ1) is 27.7. The van der Waals surface area contributed by atoms with Crippen molar-refractivity contribution in [3.05, 3.63) is 64.1 Å². The molecule has 2 amide bonds. The zero-order valence-corrected chi connectivity index (χ0v) is 21.8. The zero-order chi connectivity index (χ0) is 25.6. The van der Waals surface area contributed by atoms with Crippen molar-refractivity contribution >= 4 is 43.5 Å². The standard InChI is InChI=1S/C23H28BrF2N3O4S/c1-5-15(2)27-23(31)16(3)28(13-17-7-6-8-18(24)11-17)22(30)14-29(34(4,32)33)19-9-10-20(25)21(26)12-19/h6-12,15-16H,5,13-14H2,1-4H3,(H,27,31)/t15-,16+/m0/s1. The summed E-state index contributed by atoms with van der Waals surface area (Å²) < 4.78 is 53.5. The molecule has 0 bridgehead atoms. The molecule has 0 aliphatic heterocycles. The molecular formula is C23H28BrF2N3O4S. The second-order valence-corrected chi connectivity index (χ2v) is 10.8. The molecule has 0 aromatic heterocycles. The van der Waals surface area contributed by atoms with Crippen molar-refractivity contribution in [2.75, 3.05) is 17.1 Å². The smallest absolute Gasteiger partial charge is 0.244 e. The highest BCUT2D eigenvalue weighted by Gasteiger charge is 2.30. The first-order valence-electron chi connectivity index (χ1n) is 10.6. The Morgan fingerprint density at radius 2 is 1.76 bits per heavy atom. The van der Waals surface area contributed by atoms with E-state index in [0.717, 1.165) is 22.9 Å². The lowest BCUT2D eigenvalue weighted by Gasteiger charge is -2.32. The van der Waals surface area contributed by atoms with Gasteiger partial charge >= 0.3 is 0 Å². The van der Waals surface area contributed by atoms with E-state index < -0.39 is 46.1 Å². The molecule has 2 rings (SSSR count). The molecule has 0 fully saturated rings. The van der Waals surface area contributed by atoms with E-state index in [0.29, 0.717) is 22.4 Å². The minimum Gasteiger partial charge on any atom is -0.352 e. The lowest BCUT2D eigenvalue weighted by molar-refractivity contribution is -0.139. The summed E-state index contributed by atoms with van der Waals surface area (Å²) in [5.74, 6) is -3.46. The highest BCUT2D eigenvalue weighted by Crippen LogP contribution is 2.22. The van der Waals surface area contributed by atoms with Crippen LogP contribution in [0.15, 0.2) is 46.9 Å². The Labute approximate surface area is 207 Å². The number of halogens is 3. The number of amides is 2. The van der Waals surface area contributed by atoms with Crippen LogP contribution in [0.2, 0.25) is 0 Å². The van der Waals surface area contributed by atoms with Crippen LogP contribution < -0.4 is 9.62 Å². The summed E-state index contributed by atoms with van der Waals surface area (Å²) in [6.07, 6.45) is 1.55. The number of nitrogens with one attached hydrogen (secondary N) is 1. The molecule has 2 aromatic carbocycles. The number of sulfonamides is 1. The molecule has 0 saturated heterocycles. The average Bonchev–Trinajstić information content (AvgIpc) is 2.76. The number of rotatable bonds is 10. The van der Waals surface area contributed by atoms with E-state index >= 15 is 0 Å². The van der Waals surface area contributed by atoms with Gasteiger partial charge in [-0.15, -0.1) is 0 Å². The molecule has 186 valence electrons. The van der Waals surface area contributed by atoms with Crippen molar-refractivity contribution in [1.29, 1.82) is 0 Å². The summed E-state index contributed by atoms with van der Waals surface area (Å²) in [6.45, 7) is 4.63. The van der Waals surface area contributed by atoms with E-state index in [2.05, 4.69) is 21.2 Å². The van der Waals surface area contributed by atoms with Crippen molar-refractivity contribution in [3.8, 4) is 0 Å². The van der Waals surface area contributed by atoms with Crippen molar-refractivity contribution in [2.24, 2.45) is 0 Å². The number of carbonyl (C=O) groups excluding carboxylic acids is 2. The maximum Gasteiger partial charge on any atom is 0.244 e. The number of nitrogens with zero attached hydrogens (tertiary/aromatic N) is 2. The van der Waals surface area contributed by atoms with Crippen molar-refractivity contribution in [3.63, 3.8) is 0 Å². The summed E-state index contributed by atoms with van der Waals surface area (Å²) in [5, 5.41) is 2.83. The van der Waals surface area contributed by atoms with E-state index in [1.54, 1.807) is 25.1 Å². The molecule has 0 heterocycles. The van der Waals surface area contributed by atoms with Gasteiger partial charge in [-0.05, 0) is 50.1 Å². The predicted molar refractivity (Wildman–Crippen MR) is 131 cm³/mol. The second-order valence-electron chi connectivity index (χ2n) is 8.01. The maximum atomic E-state index is 13.8. The van der Waals surface area contributed by atoms with Crippen LogP contribution in [0.5, 0.6) is 0 Å². The Morgan fingerprint density at radius 3 is 2.32 bits per heavy atom. The van der Waals surface area contributed by atoms with Gasteiger partial charge in [-0.2, -0.15) is 0 Å². The van der Waals surface area contributed by atoms with E-state index in [-0.39, 0.29) is 18.3 Å². The predicted octanol–water partition coefficient (Wildman–Crippen LogP) is 3.83. The SMILES string of the molecule is CC[C@H](C)NC(=O)[C@@H](C)N(Cc1cccc(Br)c1)C(=O)CN(c1ccc(F)c(F)c1)S(C)(=O)=O. The summed E-state index contributed by atoms with van der Waals surface area (Å²) >= 11 is 3.37. The van der Waals surface area contributed by atoms with E-state index in [1.807, 2.05) is 19.9 Å².